The van der Waals surface area contributed by atoms with E-state index in [-0.39, 0.29) is 10.8 Å². The van der Waals surface area contributed by atoms with E-state index in [1.165, 1.54) is 10.1 Å². The SMILES string of the molecule is [2H]C([2H])([2H])[n+]1cn(-c2ccc(C(C)(C)C)c(Oc3ccc4c5ccccc5n(-c5cc(C(C)(C)C)ccn5)c4c3)c2)c2ccccc21. The number of pyridine rings is 1. The van der Waals surface area contributed by atoms with E-state index in [2.05, 4.69) is 101 Å². The molecule has 0 saturated heterocycles. The topological polar surface area (TPSA) is 35.9 Å². The Bertz CT molecular complexity index is 2300. The van der Waals surface area contributed by atoms with Crippen LogP contribution in [-0.4, -0.2) is 14.1 Å². The summed E-state index contributed by atoms with van der Waals surface area (Å²) in [5, 5.41) is 2.27. The van der Waals surface area contributed by atoms with Gasteiger partial charge < -0.3 is 4.74 Å². The van der Waals surface area contributed by atoms with Crippen molar-refractivity contribution in [3.63, 3.8) is 0 Å². The Hall–Kier alpha value is -4.90. The van der Waals surface area contributed by atoms with Gasteiger partial charge in [0.15, 0.2) is 11.0 Å². The van der Waals surface area contributed by atoms with Crippen molar-refractivity contribution in [1.29, 1.82) is 0 Å². The zero-order valence-electron chi connectivity index (χ0n) is 29.1. The normalized spacial score (nSPS) is 13.7. The van der Waals surface area contributed by atoms with Gasteiger partial charge in [0.1, 0.15) is 23.0 Å². The fraction of sp³-hybridized carbons (Fsp3) is 0.231. The summed E-state index contributed by atoms with van der Waals surface area (Å²) < 4.78 is 36.6. The van der Waals surface area contributed by atoms with Crippen LogP contribution in [0.25, 0.3) is 44.3 Å². The third-order valence-corrected chi connectivity index (χ3v) is 8.40. The van der Waals surface area contributed by atoms with Crippen LogP contribution in [-0.2, 0) is 17.8 Å². The highest BCUT2D eigenvalue weighted by Gasteiger charge is 2.24. The van der Waals surface area contributed by atoms with Crippen LogP contribution in [0.3, 0.4) is 0 Å². The maximum atomic E-state index is 8.12. The van der Waals surface area contributed by atoms with Crippen molar-refractivity contribution in [3.05, 3.63) is 121 Å². The first kappa shape index (κ1) is 24.5. The van der Waals surface area contributed by atoms with Crippen LogP contribution < -0.4 is 9.30 Å². The van der Waals surface area contributed by atoms with Crippen molar-refractivity contribution < 1.29 is 13.4 Å². The number of aromatic nitrogens is 4. The van der Waals surface area contributed by atoms with Crippen LogP contribution in [0.2, 0.25) is 0 Å². The van der Waals surface area contributed by atoms with Gasteiger partial charge in [-0.3, -0.25) is 4.57 Å². The Kier molecular flexibility index (Phi) is 5.62. The molecule has 0 aliphatic rings. The molecule has 0 bridgehead atoms. The molecule has 5 heteroatoms. The Morgan fingerprint density at radius 1 is 0.727 bits per heavy atom. The molecule has 3 aromatic heterocycles. The lowest BCUT2D eigenvalue weighted by Crippen LogP contribution is -2.25. The van der Waals surface area contributed by atoms with Gasteiger partial charge >= 0.3 is 0 Å². The lowest BCUT2D eigenvalue weighted by Gasteiger charge is -2.23. The Labute approximate surface area is 263 Å². The van der Waals surface area contributed by atoms with Gasteiger partial charge in [-0.15, -0.1) is 0 Å². The summed E-state index contributed by atoms with van der Waals surface area (Å²) >= 11 is 0. The maximum Gasteiger partial charge on any atom is 0.249 e. The molecule has 220 valence electrons. The minimum absolute atomic E-state index is 0.0209. The number of rotatable bonds is 4. The van der Waals surface area contributed by atoms with E-state index in [1.807, 2.05) is 53.2 Å². The molecule has 0 fully saturated rings. The summed E-state index contributed by atoms with van der Waals surface area (Å²) in [7, 11) is 0. The fourth-order valence-corrected chi connectivity index (χ4v) is 6.08. The third-order valence-electron chi connectivity index (χ3n) is 8.40. The molecule has 0 saturated carbocycles. The van der Waals surface area contributed by atoms with Crippen LogP contribution in [0, 0.1) is 0 Å². The molecule has 0 radical (unpaired) electrons. The molecule has 5 nitrogen and oxygen atoms in total. The molecular weight excluding hydrogens is 540 g/mol. The second kappa shape index (κ2) is 10.1. The number of aryl methyl sites for hydroxylation is 1. The monoisotopic (exact) mass is 582 g/mol. The lowest BCUT2D eigenvalue weighted by atomic mass is 9.86. The number of hydrogen-bond acceptors (Lipinski definition) is 2. The quantitative estimate of drug-likeness (QED) is 0.194. The molecule has 7 rings (SSSR count). The van der Waals surface area contributed by atoms with E-state index in [0.29, 0.717) is 17.0 Å². The van der Waals surface area contributed by atoms with Crippen LogP contribution in [0.4, 0.5) is 0 Å². The molecule has 44 heavy (non-hydrogen) atoms. The highest BCUT2D eigenvalue weighted by atomic mass is 16.5. The Balaban J connectivity index is 1.39. The summed E-state index contributed by atoms with van der Waals surface area (Å²) in [5.41, 5.74) is 6.36. The molecular formula is C39H39N4O+. The molecule has 3 heterocycles. The van der Waals surface area contributed by atoms with Gasteiger partial charge in [-0.05, 0) is 64.9 Å². The standard InChI is InChI=1S/C39H39N4O/c1-38(2,3)26-20-21-40-37(22-26)43-32-13-9-8-12-29(32)30-18-17-28(24-35(30)43)44-36-23-27(16-19-31(36)39(4,5)6)42-25-41(7)33-14-10-11-15-34(33)42/h8-25H,1-7H3/q+1/i7D3. The van der Waals surface area contributed by atoms with Gasteiger partial charge in [0.25, 0.3) is 0 Å². The molecule has 0 spiro atoms. The first-order chi connectivity index (χ1) is 22.2. The first-order valence-corrected chi connectivity index (χ1v) is 15.1. The Morgan fingerprint density at radius 2 is 1.48 bits per heavy atom. The zero-order chi connectivity index (χ0) is 33.3. The van der Waals surface area contributed by atoms with Crippen LogP contribution in [0.15, 0.2) is 110 Å². The van der Waals surface area contributed by atoms with E-state index >= 15 is 0 Å². The molecule has 4 aromatic carbocycles. The zero-order valence-corrected chi connectivity index (χ0v) is 26.1. The number of nitrogens with zero attached hydrogens (tertiary/aromatic N) is 4. The van der Waals surface area contributed by atoms with Crippen molar-refractivity contribution >= 4 is 32.8 Å². The van der Waals surface area contributed by atoms with E-state index in [9.17, 15) is 0 Å². The largest absolute Gasteiger partial charge is 0.457 e. The van der Waals surface area contributed by atoms with Gasteiger partial charge in [0.05, 0.1) is 22.1 Å². The van der Waals surface area contributed by atoms with E-state index in [4.69, 9.17) is 13.8 Å². The summed E-state index contributed by atoms with van der Waals surface area (Å²) in [6.07, 6.45) is 3.54. The van der Waals surface area contributed by atoms with E-state index in [0.717, 1.165) is 44.4 Å². The highest BCUT2D eigenvalue weighted by molar-refractivity contribution is 6.09. The predicted molar refractivity (Wildman–Crippen MR) is 181 cm³/mol. The van der Waals surface area contributed by atoms with Crippen molar-refractivity contribution in [2.45, 2.75) is 52.4 Å². The number of ether oxygens (including phenoxy) is 1. The van der Waals surface area contributed by atoms with Gasteiger partial charge in [-0.25, -0.2) is 9.55 Å². The first-order valence-electron chi connectivity index (χ1n) is 16.6. The molecule has 0 amide bonds. The lowest BCUT2D eigenvalue weighted by molar-refractivity contribution is -0.645. The minimum atomic E-state index is -2.31. The van der Waals surface area contributed by atoms with Crippen LogP contribution in [0.1, 0.15) is 56.8 Å². The maximum absolute atomic E-state index is 8.12. The molecule has 0 atom stereocenters. The fourth-order valence-electron chi connectivity index (χ4n) is 6.08. The molecule has 0 aliphatic heterocycles. The second-order valence-electron chi connectivity index (χ2n) is 13.6. The predicted octanol–water partition coefficient (Wildman–Crippen LogP) is 9.33. The number of imidazole rings is 1. The van der Waals surface area contributed by atoms with E-state index < -0.39 is 6.98 Å². The summed E-state index contributed by atoms with van der Waals surface area (Å²) in [6, 6.07) is 32.6. The number of benzene rings is 4. The van der Waals surface area contributed by atoms with Gasteiger partial charge in [-0.1, -0.05) is 77.9 Å². The van der Waals surface area contributed by atoms with Crippen molar-refractivity contribution in [2.75, 3.05) is 0 Å². The Morgan fingerprint density at radius 3 is 2.25 bits per heavy atom. The van der Waals surface area contributed by atoms with Gasteiger partial charge in [0, 0.05) is 34.7 Å². The molecule has 0 aliphatic carbocycles. The van der Waals surface area contributed by atoms with Crippen LogP contribution >= 0.6 is 0 Å². The van der Waals surface area contributed by atoms with E-state index in [1.54, 1.807) is 6.33 Å². The molecule has 0 unspecified atom stereocenters. The number of para-hydroxylation sites is 3. The summed E-state index contributed by atoms with van der Waals surface area (Å²) in [5.74, 6) is 2.27. The average Bonchev–Trinajstić information content (AvgIpc) is 3.57. The van der Waals surface area contributed by atoms with Gasteiger partial charge in [-0.2, -0.15) is 4.57 Å². The smallest absolute Gasteiger partial charge is 0.249 e. The minimum Gasteiger partial charge on any atom is -0.457 e. The summed E-state index contributed by atoms with van der Waals surface area (Å²) in [6.45, 7) is 10.8. The molecule has 0 N–H and O–H groups in total. The second-order valence-corrected chi connectivity index (χ2v) is 13.6. The highest BCUT2D eigenvalue weighted by Crippen LogP contribution is 2.39. The summed E-state index contributed by atoms with van der Waals surface area (Å²) in [4.78, 5) is 4.82. The van der Waals surface area contributed by atoms with Crippen molar-refractivity contribution in [2.24, 2.45) is 6.98 Å². The average molecular weight is 583 g/mol. The van der Waals surface area contributed by atoms with Gasteiger partial charge in [0.2, 0.25) is 6.33 Å². The third kappa shape index (κ3) is 4.73. The van der Waals surface area contributed by atoms with Crippen molar-refractivity contribution in [3.8, 4) is 23.0 Å². The molecule has 7 aromatic rings. The number of fused-ring (bicyclic) bond motifs is 4. The van der Waals surface area contributed by atoms with Crippen molar-refractivity contribution in [1.82, 2.24) is 14.1 Å². The number of hydrogen-bond donors (Lipinski definition) is 0. The van der Waals surface area contributed by atoms with Crippen LogP contribution in [0.5, 0.6) is 11.5 Å².